The van der Waals surface area contributed by atoms with Gasteiger partial charge in [0.1, 0.15) is 5.69 Å². The van der Waals surface area contributed by atoms with Crippen molar-refractivity contribution in [2.75, 3.05) is 19.4 Å². The van der Waals surface area contributed by atoms with Gasteiger partial charge in [-0.3, -0.25) is 4.79 Å². The van der Waals surface area contributed by atoms with Crippen molar-refractivity contribution in [2.45, 2.75) is 0 Å². The molecule has 1 amide bonds. The lowest BCUT2D eigenvalue weighted by molar-refractivity contribution is 0.102. The number of nitrogens with one attached hydrogen (secondary N) is 1. The van der Waals surface area contributed by atoms with Gasteiger partial charge in [-0.2, -0.15) is 3.89 Å². The van der Waals surface area contributed by atoms with Gasteiger partial charge in [-0.1, -0.05) is 17.7 Å². The molecule has 6 nitrogen and oxygen atoms in total. The molecule has 0 saturated heterocycles. The molecule has 2 rings (SSSR count). The standard InChI is InChI=1S/C15H15ClN2O4S/c1-18(2,23(20,21)22)14-5-3-4-11(10-14)15(19)17-13-8-6-12(16)7-9-13/h3-10H,1-2H3,(H-,17,19,20,21,22)/p+1. The fourth-order valence-corrected chi connectivity index (χ4v) is 2.36. The van der Waals surface area contributed by atoms with Crippen molar-refractivity contribution in [1.29, 1.82) is 0 Å². The molecule has 2 N–H and O–H groups in total. The smallest absolute Gasteiger partial charge is 0.322 e. The summed E-state index contributed by atoms with van der Waals surface area (Å²) in [4.78, 5) is 12.3. The molecule has 0 radical (unpaired) electrons. The first kappa shape index (κ1) is 17.4. The second-order valence-corrected chi connectivity index (χ2v) is 7.56. The van der Waals surface area contributed by atoms with Crippen molar-refractivity contribution < 1.29 is 17.8 Å². The first-order valence-corrected chi connectivity index (χ1v) is 8.38. The molecule has 0 fully saturated rings. The quantitative estimate of drug-likeness (QED) is 0.652. The molecule has 0 aromatic heterocycles. The van der Waals surface area contributed by atoms with Gasteiger partial charge in [-0.05, 0) is 30.3 Å². The van der Waals surface area contributed by atoms with Crippen LogP contribution in [0.2, 0.25) is 5.02 Å². The molecule has 0 bridgehead atoms. The van der Waals surface area contributed by atoms with Crippen LogP contribution in [-0.2, 0) is 10.3 Å². The van der Waals surface area contributed by atoms with E-state index in [0.29, 0.717) is 10.7 Å². The molecule has 23 heavy (non-hydrogen) atoms. The Bertz CT molecular complexity index is 833. The number of rotatable bonds is 4. The number of halogens is 1. The highest BCUT2D eigenvalue weighted by Crippen LogP contribution is 2.24. The Morgan fingerprint density at radius 2 is 1.74 bits per heavy atom. The largest absolute Gasteiger partial charge is 0.437 e. The monoisotopic (exact) mass is 355 g/mol. The van der Waals surface area contributed by atoms with Gasteiger partial charge in [0.15, 0.2) is 0 Å². The number of nitrogens with zero attached hydrogens (tertiary/aromatic N) is 1. The minimum atomic E-state index is -4.37. The van der Waals surface area contributed by atoms with E-state index in [1.807, 2.05) is 0 Å². The third kappa shape index (κ3) is 3.89. The van der Waals surface area contributed by atoms with Crippen molar-refractivity contribution in [3.63, 3.8) is 0 Å². The molecule has 2 aromatic carbocycles. The summed E-state index contributed by atoms with van der Waals surface area (Å²) in [5, 5.41) is 3.24. The summed E-state index contributed by atoms with van der Waals surface area (Å²) in [6, 6.07) is 12.6. The molecule has 0 aliphatic heterocycles. The normalized spacial score (nSPS) is 12.0. The lowest BCUT2D eigenvalue weighted by atomic mass is 10.1. The fraction of sp³-hybridized carbons (Fsp3) is 0.133. The summed E-state index contributed by atoms with van der Waals surface area (Å²) in [5.74, 6) is -0.399. The van der Waals surface area contributed by atoms with Crippen molar-refractivity contribution in [3.05, 3.63) is 59.1 Å². The van der Waals surface area contributed by atoms with Gasteiger partial charge in [0.25, 0.3) is 5.91 Å². The fourth-order valence-electron chi connectivity index (χ4n) is 1.85. The molecule has 0 aliphatic carbocycles. The van der Waals surface area contributed by atoms with Gasteiger partial charge in [0.05, 0.1) is 14.1 Å². The molecule has 0 aliphatic rings. The van der Waals surface area contributed by atoms with Crippen LogP contribution in [0.5, 0.6) is 0 Å². The maximum absolute atomic E-state index is 12.3. The highest BCUT2D eigenvalue weighted by molar-refractivity contribution is 7.85. The van der Waals surface area contributed by atoms with Crippen LogP contribution in [0.15, 0.2) is 48.5 Å². The molecular weight excluding hydrogens is 340 g/mol. The zero-order chi connectivity index (χ0) is 17.3. The highest BCUT2D eigenvalue weighted by atomic mass is 35.5. The minimum Gasteiger partial charge on any atom is -0.322 e. The summed E-state index contributed by atoms with van der Waals surface area (Å²) >= 11 is 5.78. The van der Waals surface area contributed by atoms with Crippen LogP contribution in [0.1, 0.15) is 10.4 Å². The number of quaternary nitrogens is 1. The number of hydrogen-bond donors (Lipinski definition) is 2. The van der Waals surface area contributed by atoms with Crippen molar-refractivity contribution in [2.24, 2.45) is 0 Å². The summed E-state index contributed by atoms with van der Waals surface area (Å²) < 4.78 is 31.5. The maximum atomic E-state index is 12.3. The number of amides is 1. The predicted octanol–water partition coefficient (Wildman–Crippen LogP) is 2.96. The van der Waals surface area contributed by atoms with E-state index in [9.17, 15) is 17.8 Å². The molecule has 0 spiro atoms. The minimum absolute atomic E-state index is 0.260. The molecule has 0 heterocycles. The zero-order valence-corrected chi connectivity index (χ0v) is 14.1. The van der Waals surface area contributed by atoms with Crippen LogP contribution in [0.25, 0.3) is 0 Å². The van der Waals surface area contributed by atoms with Gasteiger partial charge in [-0.15, -0.1) is 8.42 Å². The van der Waals surface area contributed by atoms with Gasteiger partial charge in [0, 0.05) is 28.4 Å². The van der Waals surface area contributed by atoms with Crippen LogP contribution in [0.3, 0.4) is 0 Å². The maximum Gasteiger partial charge on any atom is 0.437 e. The summed E-state index contributed by atoms with van der Waals surface area (Å²) in [7, 11) is -1.75. The average molecular weight is 356 g/mol. The highest BCUT2D eigenvalue weighted by Gasteiger charge is 2.34. The number of benzene rings is 2. The van der Waals surface area contributed by atoms with Crippen LogP contribution in [0, 0.1) is 0 Å². The summed E-state index contributed by atoms with van der Waals surface area (Å²) in [5.41, 5.74) is 1.09. The van der Waals surface area contributed by atoms with E-state index in [1.54, 1.807) is 36.4 Å². The number of hydrogen-bond acceptors (Lipinski definition) is 3. The SMILES string of the molecule is C[N+](C)(c1cccc(C(=O)Nc2ccc(Cl)cc2)c1)S(=O)(=O)O. The molecule has 0 saturated carbocycles. The molecule has 122 valence electrons. The van der Waals surface area contributed by atoms with Crippen LogP contribution in [0.4, 0.5) is 11.4 Å². The molecular formula is C15H16ClN2O4S+. The average Bonchev–Trinajstić information content (AvgIpc) is 2.48. The van der Waals surface area contributed by atoms with Crippen molar-refractivity contribution in [3.8, 4) is 0 Å². The Morgan fingerprint density at radius 3 is 2.30 bits per heavy atom. The zero-order valence-electron chi connectivity index (χ0n) is 12.5. The number of anilines is 1. The Kier molecular flexibility index (Phi) is 4.76. The first-order valence-electron chi connectivity index (χ1n) is 6.60. The van der Waals surface area contributed by atoms with E-state index in [1.165, 1.54) is 26.2 Å². The molecule has 8 heteroatoms. The Morgan fingerprint density at radius 1 is 1.13 bits per heavy atom. The number of carbonyl (C=O) groups is 1. The lowest BCUT2D eigenvalue weighted by Crippen LogP contribution is -2.46. The summed E-state index contributed by atoms with van der Waals surface area (Å²) in [6.07, 6.45) is 0. The molecule has 0 atom stereocenters. The summed E-state index contributed by atoms with van der Waals surface area (Å²) in [6.45, 7) is 0. The van der Waals surface area contributed by atoms with E-state index < -0.39 is 20.1 Å². The predicted molar refractivity (Wildman–Crippen MR) is 91.0 cm³/mol. The third-order valence-electron chi connectivity index (χ3n) is 3.41. The molecule has 0 unspecified atom stereocenters. The van der Waals surface area contributed by atoms with Gasteiger partial charge in [0.2, 0.25) is 0 Å². The topological polar surface area (TPSA) is 83.5 Å². The third-order valence-corrected chi connectivity index (χ3v) is 5.03. The van der Waals surface area contributed by atoms with E-state index in [2.05, 4.69) is 5.32 Å². The number of carbonyl (C=O) groups excluding carboxylic acids is 1. The van der Waals surface area contributed by atoms with E-state index in [4.69, 9.17) is 11.6 Å². The Labute approximate surface area is 139 Å². The van der Waals surface area contributed by atoms with Gasteiger partial charge >= 0.3 is 10.3 Å². The van der Waals surface area contributed by atoms with E-state index in [0.717, 1.165) is 0 Å². The van der Waals surface area contributed by atoms with Crippen LogP contribution < -0.4 is 9.21 Å². The Hall–Kier alpha value is -1.93. The van der Waals surface area contributed by atoms with Crippen LogP contribution >= 0.6 is 11.6 Å². The van der Waals surface area contributed by atoms with Gasteiger partial charge < -0.3 is 5.32 Å². The molecule has 2 aromatic rings. The van der Waals surface area contributed by atoms with Crippen molar-refractivity contribution in [1.82, 2.24) is 3.89 Å². The first-order chi connectivity index (χ1) is 10.6. The van der Waals surface area contributed by atoms with E-state index in [-0.39, 0.29) is 11.3 Å². The van der Waals surface area contributed by atoms with Crippen LogP contribution in [-0.4, -0.2) is 33.0 Å². The Balaban J connectivity index is 2.29. The van der Waals surface area contributed by atoms with E-state index >= 15 is 0 Å². The second kappa shape index (κ2) is 6.29. The van der Waals surface area contributed by atoms with Crippen molar-refractivity contribution >= 4 is 39.2 Å². The second-order valence-electron chi connectivity index (χ2n) is 5.31. The van der Waals surface area contributed by atoms with Gasteiger partial charge in [-0.25, -0.2) is 4.55 Å². The lowest BCUT2D eigenvalue weighted by Gasteiger charge is -2.24.